The van der Waals surface area contributed by atoms with Crippen LogP contribution in [0.15, 0.2) is 47.8 Å². The number of aliphatic hydroxyl groups excluding tert-OH is 1. The number of rotatable bonds is 4. The Balaban J connectivity index is 1.44. The zero-order chi connectivity index (χ0) is 26.2. The molecule has 1 aromatic rings. The fourth-order valence-electron chi connectivity index (χ4n) is 8.03. The van der Waals surface area contributed by atoms with Crippen LogP contribution in [0.25, 0.3) is 5.57 Å². The topological polar surface area (TPSA) is 43.8 Å². The Morgan fingerprint density at radius 3 is 2.31 bits per heavy atom. The van der Waals surface area contributed by atoms with Gasteiger partial charge in [0.15, 0.2) is 5.78 Å². The first-order valence-corrected chi connectivity index (χ1v) is 14.0. The molecule has 1 N–H and O–H groups in total. The zero-order valence-electron chi connectivity index (χ0n) is 23.4. The Kier molecular flexibility index (Phi) is 6.06. The first kappa shape index (κ1) is 25.3. The minimum atomic E-state index is -0.457. The van der Waals surface area contributed by atoms with Crippen molar-refractivity contribution >= 4 is 17.0 Å². The summed E-state index contributed by atoms with van der Waals surface area (Å²) in [7, 11) is 0. The van der Waals surface area contributed by atoms with Crippen molar-refractivity contribution in [1.29, 1.82) is 0 Å². The number of hydrogen-bond acceptors (Lipinski definition) is 4. The molecule has 1 aromatic carbocycles. The molecule has 194 valence electrons. The van der Waals surface area contributed by atoms with Crippen molar-refractivity contribution in [2.45, 2.75) is 91.3 Å². The normalized spacial score (nSPS) is 33.1. The van der Waals surface area contributed by atoms with Crippen LogP contribution < -0.4 is 4.90 Å². The van der Waals surface area contributed by atoms with E-state index in [1.165, 1.54) is 16.8 Å². The van der Waals surface area contributed by atoms with E-state index in [2.05, 4.69) is 95.6 Å². The number of nitrogens with zero attached hydrogens (tertiary/aromatic N) is 2. The van der Waals surface area contributed by atoms with E-state index in [0.717, 1.165) is 31.5 Å². The van der Waals surface area contributed by atoms with Crippen molar-refractivity contribution in [3.63, 3.8) is 0 Å². The number of likely N-dealkylation sites (tertiary alicyclic amines) is 1. The predicted octanol–water partition coefficient (Wildman–Crippen LogP) is 6.89. The van der Waals surface area contributed by atoms with Crippen LogP contribution in [0.5, 0.6) is 0 Å². The van der Waals surface area contributed by atoms with Crippen LogP contribution in [-0.2, 0) is 4.79 Å². The molecule has 0 amide bonds. The maximum Gasteiger partial charge on any atom is 0.178 e. The lowest BCUT2D eigenvalue weighted by atomic mass is 9.67. The largest absolute Gasteiger partial charge is 0.511 e. The SMILES string of the molecule is CCN1c2ccc(C3=C(O)C(C4C=CC5C(=C4)C(C)CC(C)(C)N5CC)C3=O)cc2C(C)CC1(C)C. The molecule has 0 spiro atoms. The molecule has 36 heavy (non-hydrogen) atoms. The Hall–Kier alpha value is -2.33. The number of hydrogen-bond donors (Lipinski definition) is 1. The van der Waals surface area contributed by atoms with E-state index in [-0.39, 0.29) is 28.5 Å². The first-order chi connectivity index (χ1) is 16.9. The van der Waals surface area contributed by atoms with Gasteiger partial charge in [0.05, 0.1) is 11.5 Å². The number of ketones is 1. The molecule has 0 bridgehead atoms. The number of Topliss-reactive ketones (excluding diaryl/α,β-unsaturated/α-hetero) is 1. The molecule has 2 heterocycles. The number of aliphatic hydroxyl groups is 1. The average Bonchev–Trinajstić information content (AvgIpc) is 2.79. The third kappa shape index (κ3) is 3.70. The van der Waals surface area contributed by atoms with E-state index in [1.54, 1.807) is 0 Å². The monoisotopic (exact) mass is 488 g/mol. The number of benzene rings is 1. The summed E-state index contributed by atoms with van der Waals surface area (Å²) in [4.78, 5) is 18.5. The Morgan fingerprint density at radius 1 is 0.972 bits per heavy atom. The molecule has 0 aromatic heterocycles. The Bertz CT molecular complexity index is 1170. The summed E-state index contributed by atoms with van der Waals surface area (Å²) in [5.41, 5.74) is 5.60. The molecule has 4 aliphatic rings. The molecule has 5 rings (SSSR count). The molecule has 0 saturated carbocycles. The molecule has 5 unspecified atom stereocenters. The maximum atomic E-state index is 13.5. The van der Waals surface area contributed by atoms with Gasteiger partial charge in [0.2, 0.25) is 0 Å². The van der Waals surface area contributed by atoms with E-state index in [9.17, 15) is 9.90 Å². The molecule has 1 saturated heterocycles. The van der Waals surface area contributed by atoms with Gasteiger partial charge in [-0.2, -0.15) is 0 Å². The molecule has 2 aliphatic heterocycles. The predicted molar refractivity (Wildman–Crippen MR) is 149 cm³/mol. The Labute approximate surface area is 217 Å². The average molecular weight is 489 g/mol. The zero-order valence-corrected chi connectivity index (χ0v) is 23.4. The van der Waals surface area contributed by atoms with Crippen LogP contribution in [0.4, 0.5) is 5.69 Å². The maximum absolute atomic E-state index is 13.5. The van der Waals surface area contributed by atoms with Gasteiger partial charge in [-0.3, -0.25) is 9.69 Å². The standard InChI is InChI=1S/C32H44N2O2/c1-9-33-25-13-11-21(15-23(25)19(3)17-31(33,5)6)27-29(35)28(30(27)36)22-12-14-26-24(16-22)20(4)18-32(7,8)34(26)10-2/h11-16,19-21,25,27,35H,9-10,17-18H2,1-8H3. The van der Waals surface area contributed by atoms with Crippen molar-refractivity contribution in [3.8, 4) is 0 Å². The van der Waals surface area contributed by atoms with E-state index in [4.69, 9.17) is 0 Å². The number of carbonyl (C=O) groups excluding carboxylic acids is 1. The smallest absolute Gasteiger partial charge is 0.178 e. The van der Waals surface area contributed by atoms with Crippen molar-refractivity contribution in [1.82, 2.24) is 4.90 Å². The van der Waals surface area contributed by atoms with Crippen molar-refractivity contribution in [2.24, 2.45) is 17.8 Å². The second-order valence-electron chi connectivity index (χ2n) is 12.8. The minimum Gasteiger partial charge on any atom is -0.511 e. The highest BCUT2D eigenvalue weighted by atomic mass is 16.3. The first-order valence-electron chi connectivity index (χ1n) is 14.0. The van der Waals surface area contributed by atoms with Gasteiger partial charge in [-0.25, -0.2) is 0 Å². The summed E-state index contributed by atoms with van der Waals surface area (Å²) in [5.74, 6) is 0.688. The minimum absolute atomic E-state index is 0.0669. The highest BCUT2D eigenvalue weighted by Gasteiger charge is 2.47. The summed E-state index contributed by atoms with van der Waals surface area (Å²) in [5, 5.41) is 11.2. The van der Waals surface area contributed by atoms with Crippen molar-refractivity contribution < 1.29 is 9.90 Å². The quantitative estimate of drug-likeness (QED) is 0.469. The van der Waals surface area contributed by atoms with E-state index >= 15 is 0 Å². The molecule has 4 heteroatoms. The van der Waals surface area contributed by atoms with Crippen LogP contribution in [0.3, 0.4) is 0 Å². The van der Waals surface area contributed by atoms with Crippen LogP contribution >= 0.6 is 0 Å². The van der Waals surface area contributed by atoms with Gasteiger partial charge in [-0.15, -0.1) is 0 Å². The Morgan fingerprint density at radius 2 is 1.67 bits per heavy atom. The number of carbonyl (C=O) groups is 1. The van der Waals surface area contributed by atoms with Gasteiger partial charge in [-0.05, 0) is 94.7 Å². The molecular formula is C32H44N2O2. The van der Waals surface area contributed by atoms with Crippen molar-refractivity contribution in [2.75, 3.05) is 18.0 Å². The van der Waals surface area contributed by atoms with E-state index < -0.39 is 5.92 Å². The van der Waals surface area contributed by atoms with Gasteiger partial charge >= 0.3 is 0 Å². The van der Waals surface area contributed by atoms with Crippen LogP contribution in [0.1, 0.15) is 85.3 Å². The van der Waals surface area contributed by atoms with Crippen molar-refractivity contribution in [3.05, 3.63) is 58.9 Å². The van der Waals surface area contributed by atoms with Gasteiger partial charge in [-0.1, -0.05) is 45.1 Å². The number of anilines is 1. The lowest BCUT2D eigenvalue weighted by molar-refractivity contribution is -0.120. The summed E-state index contributed by atoms with van der Waals surface area (Å²) in [6.07, 6.45) is 8.91. The highest BCUT2D eigenvalue weighted by molar-refractivity contribution is 6.30. The lowest BCUT2D eigenvalue weighted by Gasteiger charge is -2.52. The van der Waals surface area contributed by atoms with Crippen LogP contribution in [0, 0.1) is 17.8 Å². The summed E-state index contributed by atoms with van der Waals surface area (Å²) in [6.45, 7) is 20.3. The molecule has 1 fully saturated rings. The van der Waals surface area contributed by atoms with Gasteiger partial charge in [0, 0.05) is 35.3 Å². The fraction of sp³-hybridized carbons (Fsp3) is 0.594. The molecule has 0 radical (unpaired) electrons. The molecule has 5 atom stereocenters. The number of fused-ring (bicyclic) bond motifs is 2. The molecule has 2 aliphatic carbocycles. The second kappa shape index (κ2) is 8.62. The third-order valence-corrected chi connectivity index (χ3v) is 9.53. The third-order valence-electron chi connectivity index (χ3n) is 9.53. The second-order valence-corrected chi connectivity index (χ2v) is 12.8. The fourth-order valence-corrected chi connectivity index (χ4v) is 8.03. The van der Waals surface area contributed by atoms with E-state index in [0.29, 0.717) is 23.5 Å². The van der Waals surface area contributed by atoms with Crippen LogP contribution in [0.2, 0.25) is 0 Å². The molecule has 4 nitrogen and oxygen atoms in total. The van der Waals surface area contributed by atoms with Gasteiger partial charge < -0.3 is 10.0 Å². The number of piperidine rings is 1. The van der Waals surface area contributed by atoms with Gasteiger partial charge in [0.1, 0.15) is 5.76 Å². The van der Waals surface area contributed by atoms with Crippen LogP contribution in [-0.4, -0.2) is 46.0 Å². The van der Waals surface area contributed by atoms with Gasteiger partial charge in [0.25, 0.3) is 0 Å². The summed E-state index contributed by atoms with van der Waals surface area (Å²) in [6, 6.07) is 6.64. The number of allylic oxidation sites excluding steroid dienone is 4. The summed E-state index contributed by atoms with van der Waals surface area (Å²) < 4.78 is 0. The highest BCUT2D eigenvalue weighted by Crippen LogP contribution is 2.49. The number of likely N-dealkylation sites (N-methyl/N-ethyl adjacent to an activating group) is 1. The summed E-state index contributed by atoms with van der Waals surface area (Å²) >= 11 is 0. The lowest BCUT2D eigenvalue weighted by Crippen LogP contribution is -2.56. The molecular weight excluding hydrogens is 444 g/mol. The van der Waals surface area contributed by atoms with E-state index in [1.807, 2.05) is 6.07 Å².